The Morgan fingerprint density at radius 1 is 1.30 bits per heavy atom. The van der Waals surface area contributed by atoms with Crippen molar-refractivity contribution < 1.29 is 27.1 Å². The van der Waals surface area contributed by atoms with Gasteiger partial charge in [0.05, 0.1) is 18.2 Å². The minimum Gasteiger partial charge on any atom is -0.493 e. The summed E-state index contributed by atoms with van der Waals surface area (Å²) in [5.41, 5.74) is 1.31. The summed E-state index contributed by atoms with van der Waals surface area (Å²) in [5.74, 6) is -0.428. The highest BCUT2D eigenvalue weighted by Crippen LogP contribution is 2.32. The van der Waals surface area contributed by atoms with Crippen LogP contribution in [0.5, 0.6) is 5.75 Å². The molecule has 2 heterocycles. The molecule has 0 fully saturated rings. The summed E-state index contributed by atoms with van der Waals surface area (Å²) in [6, 6.07) is 5.09. The van der Waals surface area contributed by atoms with Gasteiger partial charge < -0.3 is 14.6 Å². The molecular formula is C19H20F4N2O2. The largest absolute Gasteiger partial charge is 0.493 e. The number of aryl methyl sites for hydroxylation is 1. The summed E-state index contributed by atoms with van der Waals surface area (Å²) in [7, 11) is 0. The van der Waals surface area contributed by atoms with E-state index in [2.05, 4.69) is 5.32 Å². The SMILES string of the molecule is Cc1cc(C(=O)N[C@H]2CCCOc3ccc(F)cc32)c(C)n1CC(F)(F)F. The van der Waals surface area contributed by atoms with E-state index < -0.39 is 30.5 Å². The van der Waals surface area contributed by atoms with Crippen LogP contribution in [-0.2, 0) is 6.54 Å². The molecule has 0 saturated carbocycles. The van der Waals surface area contributed by atoms with E-state index in [-0.39, 0.29) is 11.3 Å². The lowest BCUT2D eigenvalue weighted by atomic mass is 10.0. The summed E-state index contributed by atoms with van der Waals surface area (Å²) < 4.78 is 58.6. The highest BCUT2D eigenvalue weighted by Gasteiger charge is 2.31. The van der Waals surface area contributed by atoms with Crippen molar-refractivity contribution in [3.63, 3.8) is 0 Å². The van der Waals surface area contributed by atoms with Crippen molar-refractivity contribution in [2.75, 3.05) is 6.61 Å². The number of benzene rings is 1. The van der Waals surface area contributed by atoms with Crippen LogP contribution in [-0.4, -0.2) is 23.3 Å². The van der Waals surface area contributed by atoms with Gasteiger partial charge in [0.15, 0.2) is 0 Å². The van der Waals surface area contributed by atoms with E-state index in [1.54, 1.807) is 0 Å². The standard InChI is InChI=1S/C19H20F4N2O2/c1-11-8-14(12(2)25(11)10-19(21,22)23)18(26)24-16-4-3-7-27-17-6-5-13(20)9-15(16)17/h5-6,8-9,16H,3-4,7,10H2,1-2H3,(H,24,26)/t16-/m0/s1. The summed E-state index contributed by atoms with van der Waals surface area (Å²) in [6.45, 7) is 2.31. The van der Waals surface area contributed by atoms with Crippen molar-refractivity contribution in [2.24, 2.45) is 0 Å². The van der Waals surface area contributed by atoms with Crippen LogP contribution in [0.3, 0.4) is 0 Å². The van der Waals surface area contributed by atoms with Gasteiger partial charge in [0.2, 0.25) is 0 Å². The quantitative estimate of drug-likeness (QED) is 0.795. The number of ether oxygens (including phenoxy) is 1. The normalized spacial score (nSPS) is 17.0. The first-order valence-electron chi connectivity index (χ1n) is 8.62. The molecule has 27 heavy (non-hydrogen) atoms. The van der Waals surface area contributed by atoms with E-state index in [0.717, 1.165) is 4.57 Å². The molecule has 4 nitrogen and oxygen atoms in total. The van der Waals surface area contributed by atoms with Gasteiger partial charge >= 0.3 is 6.18 Å². The Morgan fingerprint density at radius 2 is 2.04 bits per heavy atom. The molecule has 1 amide bonds. The maximum absolute atomic E-state index is 13.7. The van der Waals surface area contributed by atoms with Gasteiger partial charge in [-0.2, -0.15) is 13.2 Å². The molecule has 1 aromatic heterocycles. The van der Waals surface area contributed by atoms with Crippen LogP contribution in [0, 0.1) is 19.7 Å². The van der Waals surface area contributed by atoms with E-state index in [9.17, 15) is 22.4 Å². The molecule has 0 radical (unpaired) electrons. The maximum atomic E-state index is 13.7. The third kappa shape index (κ3) is 4.26. The van der Waals surface area contributed by atoms with E-state index in [4.69, 9.17) is 4.74 Å². The maximum Gasteiger partial charge on any atom is 0.406 e. The molecule has 1 N–H and O–H groups in total. The van der Waals surface area contributed by atoms with E-state index >= 15 is 0 Å². The molecule has 0 unspecified atom stereocenters. The number of halogens is 4. The second kappa shape index (κ2) is 7.25. The number of carbonyl (C=O) groups excluding carboxylic acids is 1. The summed E-state index contributed by atoms with van der Waals surface area (Å²) in [5, 5.41) is 2.82. The molecule has 0 bridgehead atoms. The van der Waals surface area contributed by atoms with Gasteiger partial charge in [-0.1, -0.05) is 0 Å². The van der Waals surface area contributed by atoms with Gasteiger partial charge in [0.25, 0.3) is 5.91 Å². The van der Waals surface area contributed by atoms with Crippen LogP contribution in [0.2, 0.25) is 0 Å². The first-order chi connectivity index (χ1) is 12.7. The number of carbonyl (C=O) groups is 1. The lowest BCUT2D eigenvalue weighted by Gasteiger charge is -2.19. The second-order valence-corrected chi connectivity index (χ2v) is 6.69. The molecule has 3 rings (SSSR count). The number of hydrogen-bond donors (Lipinski definition) is 1. The Balaban J connectivity index is 1.86. The second-order valence-electron chi connectivity index (χ2n) is 6.69. The molecular weight excluding hydrogens is 364 g/mol. The van der Waals surface area contributed by atoms with Crippen LogP contribution in [0.4, 0.5) is 17.6 Å². The predicted molar refractivity (Wildman–Crippen MR) is 91.3 cm³/mol. The number of nitrogens with one attached hydrogen (secondary N) is 1. The predicted octanol–water partition coefficient (Wildman–Crippen LogP) is 4.45. The molecule has 1 aliphatic rings. The number of aromatic nitrogens is 1. The van der Waals surface area contributed by atoms with Crippen molar-refractivity contribution in [3.8, 4) is 5.75 Å². The van der Waals surface area contributed by atoms with Gasteiger partial charge in [-0.15, -0.1) is 0 Å². The molecule has 0 aliphatic carbocycles. The van der Waals surface area contributed by atoms with Crippen LogP contribution in [0.15, 0.2) is 24.3 Å². The molecule has 0 saturated heterocycles. The Kier molecular flexibility index (Phi) is 5.17. The monoisotopic (exact) mass is 384 g/mol. The van der Waals surface area contributed by atoms with Crippen LogP contribution >= 0.6 is 0 Å². The Bertz CT molecular complexity index is 858. The smallest absolute Gasteiger partial charge is 0.406 e. The number of fused-ring (bicyclic) bond motifs is 1. The van der Waals surface area contributed by atoms with Crippen LogP contribution < -0.4 is 10.1 Å². The average Bonchev–Trinajstić information content (AvgIpc) is 2.75. The van der Waals surface area contributed by atoms with E-state index in [0.29, 0.717) is 36.5 Å². The van der Waals surface area contributed by atoms with E-state index in [1.165, 1.54) is 38.1 Å². The minimum absolute atomic E-state index is 0.180. The third-order valence-corrected chi connectivity index (χ3v) is 4.70. The topological polar surface area (TPSA) is 43.3 Å². The molecule has 2 aromatic rings. The van der Waals surface area contributed by atoms with Crippen LogP contribution in [0.25, 0.3) is 0 Å². The molecule has 1 aromatic carbocycles. The average molecular weight is 384 g/mol. The first kappa shape index (κ1) is 19.3. The zero-order chi connectivity index (χ0) is 19.8. The lowest BCUT2D eigenvalue weighted by molar-refractivity contribution is -0.141. The number of hydrogen-bond acceptors (Lipinski definition) is 2. The number of amides is 1. The number of nitrogens with zero attached hydrogens (tertiary/aromatic N) is 1. The van der Waals surface area contributed by atoms with Gasteiger partial charge in [-0.3, -0.25) is 4.79 Å². The fraction of sp³-hybridized carbons (Fsp3) is 0.421. The van der Waals surface area contributed by atoms with Gasteiger partial charge in [-0.25, -0.2) is 4.39 Å². The first-order valence-corrected chi connectivity index (χ1v) is 8.62. The summed E-state index contributed by atoms with van der Waals surface area (Å²) >= 11 is 0. The zero-order valence-corrected chi connectivity index (χ0v) is 15.0. The molecule has 146 valence electrons. The van der Waals surface area contributed by atoms with Gasteiger partial charge in [0.1, 0.15) is 18.1 Å². The molecule has 1 aliphatic heterocycles. The minimum atomic E-state index is -4.38. The Hall–Kier alpha value is -2.51. The lowest BCUT2D eigenvalue weighted by Crippen LogP contribution is -2.29. The van der Waals surface area contributed by atoms with E-state index in [1.807, 2.05) is 0 Å². The van der Waals surface area contributed by atoms with Crippen molar-refractivity contribution in [1.29, 1.82) is 0 Å². The third-order valence-electron chi connectivity index (χ3n) is 4.70. The zero-order valence-electron chi connectivity index (χ0n) is 15.0. The highest BCUT2D eigenvalue weighted by molar-refractivity contribution is 5.96. The number of alkyl halides is 3. The van der Waals surface area contributed by atoms with Crippen molar-refractivity contribution in [2.45, 2.75) is 45.5 Å². The molecule has 0 spiro atoms. The summed E-state index contributed by atoms with van der Waals surface area (Å²) in [4.78, 5) is 12.7. The Morgan fingerprint density at radius 3 is 2.74 bits per heavy atom. The van der Waals surface area contributed by atoms with Crippen LogP contribution in [0.1, 0.15) is 46.2 Å². The van der Waals surface area contributed by atoms with Crippen molar-refractivity contribution >= 4 is 5.91 Å². The van der Waals surface area contributed by atoms with Crippen molar-refractivity contribution in [1.82, 2.24) is 9.88 Å². The highest BCUT2D eigenvalue weighted by atomic mass is 19.4. The summed E-state index contributed by atoms with van der Waals surface area (Å²) in [6.07, 6.45) is -3.17. The molecule has 8 heteroatoms. The molecule has 1 atom stereocenters. The van der Waals surface area contributed by atoms with Gasteiger partial charge in [-0.05, 0) is 51.0 Å². The fourth-order valence-corrected chi connectivity index (χ4v) is 3.39. The Labute approximate surface area is 154 Å². The van der Waals surface area contributed by atoms with Gasteiger partial charge in [0, 0.05) is 17.0 Å². The number of rotatable bonds is 3. The fourth-order valence-electron chi connectivity index (χ4n) is 3.39. The van der Waals surface area contributed by atoms with Crippen molar-refractivity contribution in [3.05, 3.63) is 52.6 Å².